The number of anilines is 1. The fourth-order valence-corrected chi connectivity index (χ4v) is 10.1. The molecule has 4 rings (SSSR count). The Hall–Kier alpha value is -1.58. The van der Waals surface area contributed by atoms with Gasteiger partial charge < -0.3 is 4.90 Å². The molecule has 0 amide bonds. The van der Waals surface area contributed by atoms with Gasteiger partial charge in [0.2, 0.25) is 0 Å². The van der Waals surface area contributed by atoms with E-state index in [0.29, 0.717) is 17.8 Å². The van der Waals surface area contributed by atoms with Crippen molar-refractivity contribution in [3.05, 3.63) is 62.8 Å². The van der Waals surface area contributed by atoms with Gasteiger partial charge in [0.15, 0.2) is 0 Å². The molecule has 3 heteroatoms. The van der Waals surface area contributed by atoms with E-state index in [1.807, 2.05) is 0 Å². The SMILES string of the molecule is CCCCCCCCC1(c2ccc(CCCCCC)cc2)c2cc(C(C)C)sc2-c2sc(C(C)C)cc2N1CC(CC)CCCC. The summed E-state index contributed by atoms with van der Waals surface area (Å²) in [6.45, 7) is 20.1. The van der Waals surface area contributed by atoms with Gasteiger partial charge in [-0.05, 0) is 66.7 Å². The fourth-order valence-electron chi connectivity index (χ4n) is 7.59. The predicted molar refractivity (Wildman–Crippen MR) is 210 cm³/mol. The number of nitrogens with zero attached hydrogens (tertiary/aromatic N) is 1. The molecule has 1 aliphatic heterocycles. The van der Waals surface area contributed by atoms with Crippen molar-refractivity contribution in [3.8, 4) is 9.75 Å². The molecule has 1 aliphatic rings. The summed E-state index contributed by atoms with van der Waals surface area (Å²) in [6.07, 6.45) is 21.0. The van der Waals surface area contributed by atoms with Crippen LogP contribution in [0.2, 0.25) is 0 Å². The summed E-state index contributed by atoms with van der Waals surface area (Å²) >= 11 is 4.19. The minimum atomic E-state index is -0.119. The first-order chi connectivity index (χ1) is 22.3. The van der Waals surface area contributed by atoms with Gasteiger partial charge in [0.05, 0.1) is 21.0 Å². The average Bonchev–Trinajstić information content (AvgIpc) is 3.70. The van der Waals surface area contributed by atoms with E-state index in [0.717, 1.165) is 6.54 Å². The van der Waals surface area contributed by atoms with Gasteiger partial charge in [0.1, 0.15) is 0 Å². The van der Waals surface area contributed by atoms with E-state index in [9.17, 15) is 0 Å². The number of thiophene rings is 2. The molecule has 0 aliphatic carbocycles. The highest BCUT2D eigenvalue weighted by atomic mass is 32.1. The number of fused-ring (bicyclic) bond motifs is 3. The third kappa shape index (κ3) is 8.71. The molecule has 0 saturated carbocycles. The van der Waals surface area contributed by atoms with Crippen molar-refractivity contribution in [2.75, 3.05) is 11.4 Å². The largest absolute Gasteiger partial charge is 0.356 e. The van der Waals surface area contributed by atoms with Gasteiger partial charge in [-0.3, -0.25) is 0 Å². The highest BCUT2D eigenvalue weighted by Crippen LogP contribution is 2.59. The van der Waals surface area contributed by atoms with E-state index >= 15 is 0 Å². The van der Waals surface area contributed by atoms with Gasteiger partial charge in [-0.2, -0.15) is 0 Å². The minimum Gasteiger partial charge on any atom is -0.356 e. The molecule has 256 valence electrons. The first kappa shape index (κ1) is 37.2. The Bertz CT molecular complexity index is 1290. The molecular formula is C43H67NS2. The van der Waals surface area contributed by atoms with Gasteiger partial charge in [-0.25, -0.2) is 0 Å². The molecule has 3 heterocycles. The lowest BCUT2D eigenvalue weighted by Gasteiger charge is -2.50. The molecule has 2 unspecified atom stereocenters. The van der Waals surface area contributed by atoms with Crippen molar-refractivity contribution in [1.29, 1.82) is 0 Å². The molecule has 2 atom stereocenters. The second-order valence-corrected chi connectivity index (χ2v) is 17.1. The van der Waals surface area contributed by atoms with Crippen LogP contribution in [0.1, 0.15) is 190 Å². The van der Waals surface area contributed by atoms with Crippen LogP contribution in [0.3, 0.4) is 0 Å². The van der Waals surface area contributed by atoms with E-state index in [2.05, 4.69) is 119 Å². The monoisotopic (exact) mass is 661 g/mol. The summed E-state index contributed by atoms with van der Waals surface area (Å²) in [5, 5.41) is 0. The Morgan fingerprint density at radius 3 is 1.87 bits per heavy atom. The van der Waals surface area contributed by atoms with E-state index in [-0.39, 0.29) is 5.54 Å². The van der Waals surface area contributed by atoms with Crippen molar-refractivity contribution in [1.82, 2.24) is 0 Å². The standard InChI is InChI=1S/C43H67NS2/c1-9-13-16-18-19-21-28-43(36-26-24-35(25-27-36)23-20-17-14-10-2)37-29-39(32(5)6)45-41(37)42-38(30-40(46-42)33(7)8)44(43)31-34(12-4)22-15-11-3/h24-27,29-30,32-34H,9-23,28,31H2,1-8H3. The lowest BCUT2D eigenvalue weighted by Crippen LogP contribution is -2.51. The Morgan fingerprint density at radius 1 is 0.652 bits per heavy atom. The van der Waals surface area contributed by atoms with Gasteiger partial charge in [0.25, 0.3) is 0 Å². The summed E-state index contributed by atoms with van der Waals surface area (Å²) in [6, 6.07) is 15.4. The number of benzene rings is 1. The van der Waals surface area contributed by atoms with Crippen molar-refractivity contribution in [2.45, 2.75) is 175 Å². The van der Waals surface area contributed by atoms with Crippen molar-refractivity contribution in [3.63, 3.8) is 0 Å². The number of hydrogen-bond acceptors (Lipinski definition) is 3. The van der Waals surface area contributed by atoms with Crippen molar-refractivity contribution < 1.29 is 0 Å². The molecule has 46 heavy (non-hydrogen) atoms. The molecule has 0 N–H and O–H groups in total. The van der Waals surface area contributed by atoms with Crippen molar-refractivity contribution >= 4 is 28.4 Å². The molecule has 3 aromatic rings. The normalized spacial score (nSPS) is 16.8. The van der Waals surface area contributed by atoms with Gasteiger partial charge in [0, 0.05) is 21.9 Å². The lowest BCUT2D eigenvalue weighted by molar-refractivity contribution is 0.360. The van der Waals surface area contributed by atoms with E-state index in [1.165, 1.54) is 120 Å². The molecule has 0 fully saturated rings. The van der Waals surface area contributed by atoms with Crippen LogP contribution in [0, 0.1) is 5.92 Å². The maximum atomic E-state index is 2.98. The van der Waals surface area contributed by atoms with Crippen molar-refractivity contribution in [2.24, 2.45) is 5.92 Å². The van der Waals surface area contributed by atoms with Crippen LogP contribution in [0.15, 0.2) is 36.4 Å². The quantitative estimate of drug-likeness (QED) is 0.103. The number of rotatable bonds is 21. The first-order valence-electron chi connectivity index (χ1n) is 19.5. The lowest BCUT2D eigenvalue weighted by atomic mass is 9.73. The number of hydrogen-bond donors (Lipinski definition) is 0. The zero-order chi connectivity index (χ0) is 33.1. The van der Waals surface area contributed by atoms with Crippen LogP contribution < -0.4 is 4.90 Å². The Balaban J connectivity index is 1.89. The van der Waals surface area contributed by atoms with Crippen LogP contribution in [0.4, 0.5) is 5.69 Å². The Labute approximate surface area is 292 Å². The van der Waals surface area contributed by atoms with E-state index < -0.39 is 0 Å². The number of unbranched alkanes of at least 4 members (excludes halogenated alkanes) is 9. The highest BCUT2D eigenvalue weighted by molar-refractivity contribution is 7.23. The predicted octanol–water partition coefficient (Wildman–Crippen LogP) is 14.9. The van der Waals surface area contributed by atoms with Crippen LogP contribution in [0.25, 0.3) is 9.75 Å². The van der Waals surface area contributed by atoms with Crippen LogP contribution >= 0.6 is 22.7 Å². The summed E-state index contributed by atoms with van der Waals surface area (Å²) < 4.78 is 0. The number of aryl methyl sites for hydroxylation is 1. The maximum Gasteiger partial charge on any atom is 0.0921 e. The summed E-state index contributed by atoms with van der Waals surface area (Å²) in [5.74, 6) is 1.80. The molecule has 1 nitrogen and oxygen atoms in total. The zero-order valence-corrected chi connectivity index (χ0v) is 32.6. The average molecular weight is 662 g/mol. The molecule has 0 bridgehead atoms. The molecule has 0 saturated heterocycles. The second kappa shape index (κ2) is 18.3. The van der Waals surface area contributed by atoms with Crippen LogP contribution in [-0.4, -0.2) is 6.54 Å². The van der Waals surface area contributed by atoms with E-state index in [1.54, 1.807) is 25.1 Å². The Morgan fingerprint density at radius 2 is 1.24 bits per heavy atom. The third-order valence-electron chi connectivity index (χ3n) is 10.7. The van der Waals surface area contributed by atoms with Crippen LogP contribution in [0.5, 0.6) is 0 Å². The summed E-state index contributed by atoms with van der Waals surface area (Å²) in [5.41, 5.74) is 6.06. The molecule has 1 aromatic carbocycles. The summed E-state index contributed by atoms with van der Waals surface area (Å²) in [7, 11) is 0. The molecular weight excluding hydrogens is 595 g/mol. The third-order valence-corrected chi connectivity index (χ3v) is 13.7. The van der Waals surface area contributed by atoms with Gasteiger partial charge in [-0.15, -0.1) is 22.7 Å². The van der Waals surface area contributed by atoms with Crippen LogP contribution in [-0.2, 0) is 12.0 Å². The molecule has 2 aromatic heterocycles. The van der Waals surface area contributed by atoms with Gasteiger partial charge >= 0.3 is 0 Å². The molecule has 0 radical (unpaired) electrons. The van der Waals surface area contributed by atoms with Gasteiger partial charge in [-0.1, -0.05) is 157 Å². The topological polar surface area (TPSA) is 3.24 Å². The maximum absolute atomic E-state index is 2.98. The second-order valence-electron chi connectivity index (χ2n) is 15.0. The Kier molecular flexibility index (Phi) is 14.8. The summed E-state index contributed by atoms with van der Waals surface area (Å²) in [4.78, 5) is 9.20. The zero-order valence-electron chi connectivity index (χ0n) is 31.0. The highest BCUT2D eigenvalue weighted by Gasteiger charge is 2.48. The minimum absolute atomic E-state index is 0.119. The molecule has 0 spiro atoms. The fraction of sp³-hybridized carbons (Fsp3) is 0.674. The van der Waals surface area contributed by atoms with E-state index in [4.69, 9.17) is 0 Å². The smallest absolute Gasteiger partial charge is 0.0921 e. The first-order valence-corrected chi connectivity index (χ1v) is 21.1.